The van der Waals surface area contributed by atoms with Crippen LogP contribution in [0.5, 0.6) is 0 Å². The summed E-state index contributed by atoms with van der Waals surface area (Å²) in [5.74, 6) is -3.37. The van der Waals surface area contributed by atoms with Crippen LogP contribution >= 0.6 is 67.8 Å². The summed E-state index contributed by atoms with van der Waals surface area (Å²) in [5.41, 5.74) is 1.90. The number of carbonyl (C=O) groups is 4. The molecular weight excluding hydrogens is 731 g/mol. The van der Waals surface area contributed by atoms with Crippen molar-refractivity contribution in [3.05, 3.63) is 21.8 Å². The molecule has 160 valence electrons. The maximum absolute atomic E-state index is 12.7. The summed E-state index contributed by atoms with van der Waals surface area (Å²) in [4.78, 5) is 52.8. The summed E-state index contributed by atoms with van der Waals surface area (Å²) in [5, 5.41) is 23.5. The SMILES string of the molecule is CNC(=O)C(CO)ONC(=O)c1c(I)c(NC(=O)COC)c(I)c(C(=O)O)c1I. The number of aromatic carboxylic acids is 1. The third-order valence-corrected chi connectivity index (χ3v) is 6.53. The van der Waals surface area contributed by atoms with Crippen LogP contribution in [0.1, 0.15) is 20.7 Å². The van der Waals surface area contributed by atoms with Gasteiger partial charge in [0, 0.05) is 17.7 Å². The van der Waals surface area contributed by atoms with Gasteiger partial charge in [-0.15, -0.1) is 0 Å². The van der Waals surface area contributed by atoms with Crippen molar-refractivity contribution in [2.24, 2.45) is 0 Å². The second-order valence-corrected chi connectivity index (χ2v) is 8.42. The van der Waals surface area contributed by atoms with E-state index in [0.717, 1.165) is 0 Å². The fourth-order valence-corrected chi connectivity index (χ4v) is 6.37. The number of carboxylic acids is 1. The molecule has 3 amide bonds. The molecule has 0 aromatic heterocycles. The molecule has 5 N–H and O–H groups in total. The van der Waals surface area contributed by atoms with E-state index in [9.17, 15) is 29.4 Å². The Morgan fingerprint density at radius 3 is 2.14 bits per heavy atom. The van der Waals surface area contributed by atoms with Gasteiger partial charge in [0.15, 0.2) is 6.10 Å². The summed E-state index contributed by atoms with van der Waals surface area (Å²) in [6, 6.07) is 0. The van der Waals surface area contributed by atoms with Crippen molar-refractivity contribution in [2.45, 2.75) is 6.10 Å². The molecule has 0 spiro atoms. The largest absolute Gasteiger partial charge is 0.478 e. The quantitative estimate of drug-likeness (QED) is 0.181. The average molecular weight is 747 g/mol. The topological polar surface area (TPSA) is 163 Å². The van der Waals surface area contributed by atoms with E-state index in [0.29, 0.717) is 0 Å². The van der Waals surface area contributed by atoms with Gasteiger partial charge >= 0.3 is 5.97 Å². The van der Waals surface area contributed by atoms with E-state index in [1.54, 1.807) is 67.8 Å². The minimum absolute atomic E-state index is 0.0784. The van der Waals surface area contributed by atoms with Crippen LogP contribution < -0.4 is 16.1 Å². The molecule has 0 saturated carbocycles. The lowest BCUT2D eigenvalue weighted by Crippen LogP contribution is -2.42. The number of carboxylic acid groups (broad SMARTS) is 1. The molecule has 1 atom stereocenters. The van der Waals surface area contributed by atoms with Crippen LogP contribution in [-0.4, -0.2) is 67.4 Å². The number of nitrogens with one attached hydrogen (secondary N) is 3. The molecule has 29 heavy (non-hydrogen) atoms. The molecule has 11 nitrogen and oxygen atoms in total. The number of benzene rings is 1. The maximum atomic E-state index is 12.7. The molecule has 0 fully saturated rings. The molecule has 0 aliphatic heterocycles. The molecule has 0 heterocycles. The van der Waals surface area contributed by atoms with Gasteiger partial charge in [0.1, 0.15) is 6.61 Å². The van der Waals surface area contributed by atoms with E-state index in [4.69, 9.17) is 9.57 Å². The standard InChI is InChI=1S/C15H16I3N3O8/c1-19-13(24)5(3-22)29-21-14(25)7-9(16)8(15(26)27)11(18)12(10(7)17)20-6(23)4-28-2/h5,22H,3-4H2,1-2H3,(H,19,24)(H,20,23)(H,21,25)(H,26,27). The Kier molecular flexibility index (Phi) is 11.0. The van der Waals surface area contributed by atoms with E-state index in [-0.39, 0.29) is 34.1 Å². The van der Waals surface area contributed by atoms with E-state index < -0.39 is 36.4 Å². The number of hydrogen-bond acceptors (Lipinski definition) is 7. The summed E-state index contributed by atoms with van der Waals surface area (Å²) >= 11 is 5.26. The first kappa shape index (κ1) is 26.2. The first-order chi connectivity index (χ1) is 13.6. The highest BCUT2D eigenvalue weighted by Crippen LogP contribution is 2.35. The van der Waals surface area contributed by atoms with Gasteiger partial charge in [-0.2, -0.15) is 0 Å². The lowest BCUT2D eigenvalue weighted by molar-refractivity contribution is -0.139. The average Bonchev–Trinajstić information content (AvgIpc) is 2.65. The van der Waals surface area contributed by atoms with E-state index in [2.05, 4.69) is 10.6 Å². The number of halogens is 3. The van der Waals surface area contributed by atoms with Gasteiger partial charge < -0.3 is 25.6 Å². The highest BCUT2D eigenvalue weighted by atomic mass is 127. The Balaban J connectivity index is 3.39. The van der Waals surface area contributed by atoms with Crippen LogP contribution in [-0.2, 0) is 19.2 Å². The summed E-state index contributed by atoms with van der Waals surface area (Å²) in [6.45, 7) is -0.963. The van der Waals surface area contributed by atoms with Gasteiger partial charge in [-0.3, -0.25) is 19.2 Å². The van der Waals surface area contributed by atoms with Crippen molar-refractivity contribution in [2.75, 3.05) is 32.7 Å². The van der Waals surface area contributed by atoms with Crippen molar-refractivity contribution in [3.63, 3.8) is 0 Å². The number of hydroxylamine groups is 1. The van der Waals surface area contributed by atoms with Crippen molar-refractivity contribution >= 4 is 97.2 Å². The molecule has 1 unspecified atom stereocenters. The van der Waals surface area contributed by atoms with Crippen LogP contribution in [0.15, 0.2) is 0 Å². The van der Waals surface area contributed by atoms with Crippen molar-refractivity contribution in [3.8, 4) is 0 Å². The van der Waals surface area contributed by atoms with Crippen LogP contribution in [0.4, 0.5) is 5.69 Å². The molecule has 0 saturated heterocycles. The minimum atomic E-state index is -1.36. The second kappa shape index (κ2) is 12.1. The van der Waals surface area contributed by atoms with Gasteiger partial charge in [0.25, 0.3) is 11.8 Å². The van der Waals surface area contributed by atoms with Gasteiger partial charge in [-0.25, -0.2) is 10.3 Å². The third-order valence-electron chi connectivity index (χ3n) is 3.30. The monoisotopic (exact) mass is 747 g/mol. The molecular formula is C15H16I3N3O8. The summed E-state index contributed by atoms with van der Waals surface area (Å²) < 4.78 is 5.34. The third kappa shape index (κ3) is 6.57. The zero-order chi connectivity index (χ0) is 22.3. The van der Waals surface area contributed by atoms with Gasteiger partial charge in [0.05, 0.1) is 30.6 Å². The van der Waals surface area contributed by atoms with Crippen LogP contribution in [0.3, 0.4) is 0 Å². The summed E-state index contributed by atoms with van der Waals surface area (Å²) in [7, 11) is 2.65. The number of ether oxygens (including phenoxy) is 1. The molecule has 1 aromatic rings. The number of aliphatic hydroxyl groups is 1. The normalized spacial score (nSPS) is 11.5. The Bertz CT molecular complexity index is 834. The molecule has 0 bridgehead atoms. The van der Waals surface area contributed by atoms with Gasteiger partial charge in [-0.1, -0.05) is 0 Å². The van der Waals surface area contributed by atoms with Crippen molar-refractivity contribution < 1.29 is 39.0 Å². The van der Waals surface area contributed by atoms with E-state index in [1.807, 2.05) is 5.48 Å². The van der Waals surface area contributed by atoms with E-state index >= 15 is 0 Å². The predicted octanol–water partition coefficient (Wildman–Crippen LogP) is 0.552. The number of methoxy groups -OCH3 is 1. The number of hydrogen-bond donors (Lipinski definition) is 5. The van der Waals surface area contributed by atoms with Crippen molar-refractivity contribution in [1.82, 2.24) is 10.8 Å². The molecule has 14 heteroatoms. The number of aliphatic hydroxyl groups excluding tert-OH is 1. The first-order valence-corrected chi connectivity index (χ1v) is 10.8. The number of amides is 3. The fourth-order valence-electron chi connectivity index (χ4n) is 1.98. The molecule has 1 aromatic carbocycles. The number of anilines is 1. The Morgan fingerprint density at radius 1 is 1.07 bits per heavy atom. The van der Waals surface area contributed by atoms with Gasteiger partial charge in [0.2, 0.25) is 5.91 Å². The zero-order valence-corrected chi connectivity index (χ0v) is 21.4. The van der Waals surface area contributed by atoms with Gasteiger partial charge in [-0.05, 0) is 67.8 Å². The smallest absolute Gasteiger partial charge is 0.337 e. The lowest BCUT2D eigenvalue weighted by Gasteiger charge is -2.19. The molecule has 1 rings (SSSR count). The fraction of sp³-hybridized carbons (Fsp3) is 0.333. The highest BCUT2D eigenvalue weighted by molar-refractivity contribution is 14.1. The number of rotatable bonds is 9. The number of carbonyl (C=O) groups excluding carboxylic acids is 3. The number of likely N-dealkylation sites (N-methyl/N-ethyl adjacent to an activating group) is 1. The zero-order valence-electron chi connectivity index (χ0n) is 15.0. The van der Waals surface area contributed by atoms with Crippen molar-refractivity contribution in [1.29, 1.82) is 0 Å². The van der Waals surface area contributed by atoms with E-state index in [1.165, 1.54) is 14.2 Å². The maximum Gasteiger partial charge on any atom is 0.337 e. The van der Waals surface area contributed by atoms with Crippen LogP contribution in [0, 0.1) is 10.7 Å². The molecule has 0 aliphatic carbocycles. The van der Waals surface area contributed by atoms with Crippen LogP contribution in [0.25, 0.3) is 0 Å². The second-order valence-electron chi connectivity index (χ2n) is 5.19. The molecule has 0 radical (unpaired) electrons. The minimum Gasteiger partial charge on any atom is -0.478 e. The molecule has 0 aliphatic rings. The predicted molar refractivity (Wildman–Crippen MR) is 126 cm³/mol. The van der Waals surface area contributed by atoms with Crippen LogP contribution in [0.2, 0.25) is 0 Å². The lowest BCUT2D eigenvalue weighted by atomic mass is 10.1. The Hall–Kier alpha value is -0.830. The Morgan fingerprint density at radius 2 is 1.66 bits per heavy atom. The first-order valence-electron chi connectivity index (χ1n) is 7.61. The Labute approximate surface area is 206 Å². The summed E-state index contributed by atoms with van der Waals surface area (Å²) in [6.07, 6.45) is -1.36. The highest BCUT2D eigenvalue weighted by Gasteiger charge is 2.29.